The van der Waals surface area contributed by atoms with Crippen LogP contribution in [0.1, 0.15) is 47.5 Å². The van der Waals surface area contributed by atoms with Crippen LogP contribution in [0.3, 0.4) is 0 Å². The number of aldehydes is 1. The number of hydrogen-bond acceptors (Lipinski definition) is 1. The molecule has 1 fully saturated rings. The van der Waals surface area contributed by atoms with Gasteiger partial charge in [-0.05, 0) is 54.7 Å². The zero-order valence-corrected chi connectivity index (χ0v) is 13.5. The molecule has 2 aromatic rings. The van der Waals surface area contributed by atoms with Gasteiger partial charge in [-0.25, -0.2) is 8.78 Å². The molecule has 1 nitrogen and oxygen atoms in total. The largest absolute Gasteiger partial charge is 0.298 e. The van der Waals surface area contributed by atoms with E-state index in [1.54, 1.807) is 0 Å². The van der Waals surface area contributed by atoms with Crippen LogP contribution in [-0.4, -0.2) is 6.29 Å². The minimum atomic E-state index is -1.09. The molecule has 0 unspecified atom stereocenters. The van der Waals surface area contributed by atoms with Gasteiger partial charge in [0.15, 0.2) is 17.9 Å². The van der Waals surface area contributed by atoms with Crippen molar-refractivity contribution in [2.75, 3.05) is 0 Å². The maximum atomic E-state index is 14.1. The van der Waals surface area contributed by atoms with E-state index in [0.717, 1.165) is 25.7 Å². The molecule has 0 bridgehead atoms. The molecule has 0 aliphatic heterocycles. The van der Waals surface area contributed by atoms with E-state index in [-0.39, 0.29) is 11.1 Å². The van der Waals surface area contributed by atoms with E-state index in [0.29, 0.717) is 23.7 Å². The van der Waals surface area contributed by atoms with Crippen molar-refractivity contribution >= 4 is 6.29 Å². The topological polar surface area (TPSA) is 17.1 Å². The summed E-state index contributed by atoms with van der Waals surface area (Å²) in [6, 6.07) is 10.4. The van der Waals surface area contributed by atoms with Gasteiger partial charge in [0.05, 0.1) is 5.56 Å². The quantitative estimate of drug-likeness (QED) is 0.504. The van der Waals surface area contributed by atoms with E-state index in [4.69, 9.17) is 0 Å². The molecule has 0 saturated heterocycles. The van der Waals surface area contributed by atoms with Crippen molar-refractivity contribution in [3.8, 4) is 11.1 Å². The van der Waals surface area contributed by atoms with E-state index < -0.39 is 11.6 Å². The van der Waals surface area contributed by atoms with Gasteiger partial charge in [0.1, 0.15) is 0 Å². The van der Waals surface area contributed by atoms with E-state index in [1.165, 1.54) is 17.7 Å². The van der Waals surface area contributed by atoms with Crippen LogP contribution in [0.15, 0.2) is 49.1 Å². The van der Waals surface area contributed by atoms with E-state index >= 15 is 0 Å². The van der Waals surface area contributed by atoms with Gasteiger partial charge in [-0.3, -0.25) is 4.79 Å². The Morgan fingerprint density at radius 2 is 1.58 bits per heavy atom. The first-order valence-electron chi connectivity index (χ1n) is 8.30. The number of hydrogen-bond donors (Lipinski definition) is 0. The van der Waals surface area contributed by atoms with Gasteiger partial charge >= 0.3 is 0 Å². The van der Waals surface area contributed by atoms with Crippen molar-refractivity contribution in [3.05, 3.63) is 71.8 Å². The first kappa shape index (κ1) is 16.6. The molecule has 3 rings (SSSR count). The Bertz CT molecular complexity index is 741. The second-order valence-electron chi connectivity index (χ2n) is 6.42. The summed E-state index contributed by atoms with van der Waals surface area (Å²) >= 11 is 0. The number of allylic oxidation sites excluding steroid dienone is 1. The van der Waals surface area contributed by atoms with Crippen LogP contribution in [0.5, 0.6) is 0 Å². The third-order valence-electron chi connectivity index (χ3n) is 5.04. The van der Waals surface area contributed by atoms with E-state index in [2.05, 4.69) is 6.58 Å². The molecule has 3 heteroatoms. The van der Waals surface area contributed by atoms with Crippen LogP contribution in [0.25, 0.3) is 11.1 Å². The van der Waals surface area contributed by atoms with Crippen molar-refractivity contribution in [2.45, 2.75) is 31.6 Å². The third kappa shape index (κ3) is 3.16. The highest BCUT2D eigenvalue weighted by Gasteiger charge is 2.21. The summed E-state index contributed by atoms with van der Waals surface area (Å²) in [6.07, 6.45) is 6.94. The molecule has 0 aromatic heterocycles. The molecular weight excluding hydrogens is 306 g/mol. The number of carbonyl (C=O) groups excluding carboxylic acids is 1. The molecule has 0 spiro atoms. The fourth-order valence-corrected chi connectivity index (χ4v) is 3.50. The van der Waals surface area contributed by atoms with Crippen molar-refractivity contribution in [3.63, 3.8) is 0 Å². The first-order chi connectivity index (χ1) is 11.6. The van der Waals surface area contributed by atoms with Crippen LogP contribution in [-0.2, 0) is 0 Å². The zero-order valence-electron chi connectivity index (χ0n) is 13.5. The van der Waals surface area contributed by atoms with E-state index in [9.17, 15) is 13.6 Å². The summed E-state index contributed by atoms with van der Waals surface area (Å²) in [6.45, 7) is 3.87. The molecule has 0 N–H and O–H groups in total. The predicted molar refractivity (Wildman–Crippen MR) is 92.1 cm³/mol. The lowest BCUT2D eigenvalue weighted by Crippen LogP contribution is -2.11. The Balaban J connectivity index is 1.81. The van der Waals surface area contributed by atoms with Gasteiger partial charge in [-0.1, -0.05) is 36.4 Å². The van der Waals surface area contributed by atoms with Crippen LogP contribution >= 0.6 is 0 Å². The maximum Gasteiger partial charge on any atom is 0.169 e. The standard InChI is InChI=1S/C21H20F2O/c1-2-14-3-5-15(6-4-14)16-7-9-17(10-8-16)19-12-11-18(13-24)20(22)21(19)23/h2,7-15H,1,3-6H2. The molecule has 2 aromatic carbocycles. The number of benzene rings is 2. The summed E-state index contributed by atoms with van der Waals surface area (Å²) in [5, 5.41) is 0. The second-order valence-corrected chi connectivity index (χ2v) is 6.42. The van der Waals surface area contributed by atoms with Gasteiger partial charge < -0.3 is 0 Å². The summed E-state index contributed by atoms with van der Waals surface area (Å²) in [7, 11) is 0. The highest BCUT2D eigenvalue weighted by Crippen LogP contribution is 2.37. The number of carbonyl (C=O) groups is 1. The lowest BCUT2D eigenvalue weighted by molar-refractivity contribution is 0.111. The van der Waals surface area contributed by atoms with Gasteiger partial charge in [0.25, 0.3) is 0 Å². The average molecular weight is 326 g/mol. The smallest absolute Gasteiger partial charge is 0.169 e. The number of rotatable bonds is 4. The minimum absolute atomic E-state index is 0.181. The molecule has 1 aliphatic carbocycles. The molecule has 24 heavy (non-hydrogen) atoms. The fraction of sp³-hybridized carbons (Fsp3) is 0.286. The van der Waals surface area contributed by atoms with Gasteiger partial charge in [-0.2, -0.15) is 0 Å². The summed E-state index contributed by atoms with van der Waals surface area (Å²) in [5.74, 6) is -0.920. The lowest BCUT2D eigenvalue weighted by atomic mass is 9.78. The molecule has 0 radical (unpaired) electrons. The second kappa shape index (κ2) is 7.08. The van der Waals surface area contributed by atoms with Crippen molar-refractivity contribution < 1.29 is 13.6 Å². The van der Waals surface area contributed by atoms with Crippen molar-refractivity contribution in [2.24, 2.45) is 5.92 Å². The Labute approximate surface area is 141 Å². The lowest BCUT2D eigenvalue weighted by Gasteiger charge is -2.27. The van der Waals surface area contributed by atoms with Gasteiger partial charge in [-0.15, -0.1) is 6.58 Å². The van der Waals surface area contributed by atoms with Crippen LogP contribution in [0, 0.1) is 17.6 Å². The third-order valence-corrected chi connectivity index (χ3v) is 5.04. The molecule has 124 valence electrons. The monoisotopic (exact) mass is 326 g/mol. The maximum absolute atomic E-state index is 14.1. The fourth-order valence-electron chi connectivity index (χ4n) is 3.50. The summed E-state index contributed by atoms with van der Waals surface area (Å²) in [5.41, 5.74) is 1.78. The predicted octanol–water partition coefficient (Wildman–Crippen LogP) is 5.90. The van der Waals surface area contributed by atoms with Crippen molar-refractivity contribution in [1.82, 2.24) is 0 Å². The van der Waals surface area contributed by atoms with Crippen molar-refractivity contribution in [1.29, 1.82) is 0 Å². The Morgan fingerprint density at radius 1 is 0.917 bits per heavy atom. The van der Waals surface area contributed by atoms with Gasteiger partial charge in [0, 0.05) is 5.56 Å². The van der Waals surface area contributed by atoms with Crippen LogP contribution < -0.4 is 0 Å². The Hall–Kier alpha value is -2.29. The zero-order chi connectivity index (χ0) is 17.1. The van der Waals surface area contributed by atoms with Gasteiger partial charge in [0.2, 0.25) is 0 Å². The summed E-state index contributed by atoms with van der Waals surface area (Å²) < 4.78 is 27.9. The van der Waals surface area contributed by atoms with E-state index in [1.807, 2.05) is 30.3 Å². The molecule has 0 heterocycles. The molecule has 1 aliphatic rings. The highest BCUT2D eigenvalue weighted by atomic mass is 19.2. The molecule has 0 amide bonds. The minimum Gasteiger partial charge on any atom is -0.298 e. The summed E-state index contributed by atoms with van der Waals surface area (Å²) in [4.78, 5) is 10.7. The first-order valence-corrected chi connectivity index (χ1v) is 8.30. The molecule has 1 saturated carbocycles. The Morgan fingerprint density at radius 3 is 2.17 bits per heavy atom. The van der Waals surface area contributed by atoms with Crippen LogP contribution in [0.4, 0.5) is 8.78 Å². The number of halogens is 2. The molecule has 0 atom stereocenters. The average Bonchev–Trinajstić information content (AvgIpc) is 2.64. The highest BCUT2D eigenvalue weighted by molar-refractivity contribution is 5.77. The normalized spacial score (nSPS) is 20.6. The Kier molecular flexibility index (Phi) is 4.89. The van der Waals surface area contributed by atoms with Crippen LogP contribution in [0.2, 0.25) is 0 Å². The SMILES string of the molecule is C=CC1CCC(c2ccc(-c3ccc(C=O)c(F)c3F)cc2)CC1. The molecular formula is C21H20F2O.